The van der Waals surface area contributed by atoms with Gasteiger partial charge in [-0.1, -0.05) is 6.07 Å². The predicted octanol–water partition coefficient (Wildman–Crippen LogP) is 4.00. The van der Waals surface area contributed by atoms with Gasteiger partial charge in [-0.25, -0.2) is 14.1 Å². The van der Waals surface area contributed by atoms with Gasteiger partial charge in [0.1, 0.15) is 10.4 Å². The number of benzene rings is 1. The second kappa shape index (κ2) is 8.77. The van der Waals surface area contributed by atoms with E-state index < -0.39 is 13.7 Å². The van der Waals surface area contributed by atoms with E-state index in [1.165, 1.54) is 24.5 Å². The number of alkyl halides is 2. The van der Waals surface area contributed by atoms with Crippen molar-refractivity contribution in [1.82, 2.24) is 14.8 Å². The summed E-state index contributed by atoms with van der Waals surface area (Å²) in [5.41, 5.74) is 2.16. The average Bonchev–Trinajstić information content (AvgIpc) is 3.28. The van der Waals surface area contributed by atoms with Crippen molar-refractivity contribution in [2.24, 2.45) is 0 Å². The van der Waals surface area contributed by atoms with Crippen molar-refractivity contribution in [2.45, 2.75) is 32.9 Å². The van der Waals surface area contributed by atoms with Crippen molar-refractivity contribution < 1.29 is 22.8 Å². The molecule has 0 bridgehead atoms. The van der Waals surface area contributed by atoms with Gasteiger partial charge in [-0.15, -0.1) is 11.3 Å². The minimum absolute atomic E-state index is 0.217. The van der Waals surface area contributed by atoms with E-state index in [1.54, 1.807) is 24.3 Å². The van der Waals surface area contributed by atoms with Crippen molar-refractivity contribution >= 4 is 39.8 Å². The van der Waals surface area contributed by atoms with Crippen LogP contribution >= 0.6 is 27.3 Å². The highest BCUT2D eigenvalue weighted by molar-refractivity contribution is 9.10. The van der Waals surface area contributed by atoms with Gasteiger partial charge in [0.05, 0.1) is 17.3 Å². The van der Waals surface area contributed by atoms with Crippen LogP contribution in [0.15, 0.2) is 35.2 Å². The average molecular weight is 474 g/mol. The number of hydrogen-bond acceptors (Lipinski definition) is 5. The van der Waals surface area contributed by atoms with Gasteiger partial charge in [-0.3, -0.25) is 0 Å². The Balaban J connectivity index is 0.000000167. The first-order chi connectivity index (χ1) is 13.2. The highest BCUT2D eigenvalue weighted by Crippen LogP contribution is 2.26. The van der Waals surface area contributed by atoms with E-state index in [0.29, 0.717) is 16.6 Å². The molecule has 3 heterocycles. The SMILES string of the molecule is CC1OB(O)c2ccc(F)cc21.Cc1nc(Br)c(Cc2cnn(C(F)F)c2)s1. The van der Waals surface area contributed by atoms with Crippen LogP contribution in [-0.4, -0.2) is 26.9 Å². The summed E-state index contributed by atoms with van der Waals surface area (Å²) in [5, 5.41) is 13.8. The molecule has 0 spiro atoms. The van der Waals surface area contributed by atoms with Crippen LogP contribution < -0.4 is 5.46 Å². The van der Waals surface area contributed by atoms with E-state index >= 15 is 0 Å². The summed E-state index contributed by atoms with van der Waals surface area (Å²) >= 11 is 4.88. The van der Waals surface area contributed by atoms with Gasteiger partial charge in [0.2, 0.25) is 0 Å². The van der Waals surface area contributed by atoms with E-state index in [0.717, 1.165) is 25.6 Å². The van der Waals surface area contributed by atoms with E-state index in [9.17, 15) is 18.2 Å². The molecular weight excluding hydrogens is 458 g/mol. The van der Waals surface area contributed by atoms with Gasteiger partial charge in [-0.05, 0) is 58.5 Å². The van der Waals surface area contributed by atoms with E-state index in [1.807, 2.05) is 6.92 Å². The molecule has 3 aromatic rings. The first kappa shape index (κ1) is 21.0. The predicted molar refractivity (Wildman–Crippen MR) is 104 cm³/mol. The van der Waals surface area contributed by atoms with Crippen molar-refractivity contribution in [3.63, 3.8) is 0 Å². The topological polar surface area (TPSA) is 60.2 Å². The van der Waals surface area contributed by atoms with Gasteiger partial charge in [0.15, 0.2) is 0 Å². The first-order valence-electron chi connectivity index (χ1n) is 8.30. The van der Waals surface area contributed by atoms with Crippen LogP contribution in [0.1, 0.15) is 40.6 Å². The monoisotopic (exact) mass is 473 g/mol. The number of nitrogens with zero attached hydrogens (tertiary/aromatic N) is 3. The lowest BCUT2D eigenvalue weighted by Gasteiger charge is -2.02. The zero-order valence-corrected chi connectivity index (χ0v) is 17.3. The Hall–Kier alpha value is -1.69. The van der Waals surface area contributed by atoms with Crippen molar-refractivity contribution in [3.05, 3.63) is 62.0 Å². The summed E-state index contributed by atoms with van der Waals surface area (Å²) in [7, 11) is -0.893. The third-order valence-electron chi connectivity index (χ3n) is 4.06. The van der Waals surface area contributed by atoms with Gasteiger partial charge >= 0.3 is 13.7 Å². The molecule has 0 amide bonds. The fraction of sp³-hybridized carbons (Fsp3) is 0.294. The van der Waals surface area contributed by atoms with Crippen molar-refractivity contribution in [2.75, 3.05) is 0 Å². The standard InChI is InChI=1S/C9H8BrF2N3S.C8H8BFO2/c1-5-14-8(10)7(16-5)2-6-3-13-15(4-6)9(11)12;1-5-7-4-6(10)2-3-8(7)9(11)12-5/h3-4,9H,2H2,1H3;2-5,11H,1H3. The molecule has 0 saturated heterocycles. The summed E-state index contributed by atoms with van der Waals surface area (Å²) in [6.45, 7) is 1.11. The first-order valence-corrected chi connectivity index (χ1v) is 9.91. The maximum atomic E-state index is 12.7. The van der Waals surface area contributed by atoms with Crippen LogP contribution in [-0.2, 0) is 11.1 Å². The summed E-state index contributed by atoms with van der Waals surface area (Å²) in [5.74, 6) is -0.293. The Labute approximate surface area is 172 Å². The molecule has 0 saturated carbocycles. The lowest BCUT2D eigenvalue weighted by atomic mass is 9.79. The van der Waals surface area contributed by atoms with Crippen molar-refractivity contribution in [3.8, 4) is 0 Å². The highest BCUT2D eigenvalue weighted by atomic mass is 79.9. The van der Waals surface area contributed by atoms with Gasteiger partial charge < -0.3 is 9.68 Å². The lowest BCUT2D eigenvalue weighted by molar-refractivity contribution is 0.0565. The fourth-order valence-corrected chi connectivity index (χ4v) is 4.40. The smallest absolute Gasteiger partial charge is 0.423 e. The number of hydrogen-bond donors (Lipinski definition) is 1. The molecule has 4 rings (SSSR count). The van der Waals surface area contributed by atoms with Crippen LogP contribution in [0.5, 0.6) is 0 Å². The zero-order valence-electron chi connectivity index (χ0n) is 14.9. The van der Waals surface area contributed by atoms with Crippen LogP contribution in [0, 0.1) is 12.7 Å². The van der Waals surface area contributed by atoms with Crippen LogP contribution in [0.4, 0.5) is 13.2 Å². The molecular formula is C17H16BBrF3N3O2S. The van der Waals surface area contributed by atoms with Gasteiger partial charge in [-0.2, -0.15) is 13.9 Å². The molecule has 11 heteroatoms. The zero-order chi connectivity index (χ0) is 20.4. The molecule has 1 aromatic carbocycles. The molecule has 5 nitrogen and oxygen atoms in total. The molecule has 0 fully saturated rings. The van der Waals surface area contributed by atoms with Crippen LogP contribution in [0.2, 0.25) is 0 Å². The Bertz CT molecular complexity index is 969. The molecule has 0 aliphatic carbocycles. The number of aryl methyl sites for hydroxylation is 1. The van der Waals surface area contributed by atoms with Crippen molar-refractivity contribution in [1.29, 1.82) is 0 Å². The molecule has 0 radical (unpaired) electrons. The van der Waals surface area contributed by atoms with Crippen LogP contribution in [0.25, 0.3) is 0 Å². The third kappa shape index (κ3) is 4.83. The molecule has 1 N–H and O–H groups in total. The Kier molecular flexibility index (Phi) is 6.59. The minimum atomic E-state index is -2.58. The maximum absolute atomic E-state index is 12.7. The molecule has 2 aromatic heterocycles. The number of thiazole rings is 1. The number of halogens is 4. The molecule has 28 heavy (non-hydrogen) atoms. The quantitative estimate of drug-likeness (QED) is 0.584. The van der Waals surface area contributed by atoms with E-state index in [-0.39, 0.29) is 11.9 Å². The molecule has 1 unspecified atom stereocenters. The normalized spacial score (nSPS) is 15.6. The summed E-state index contributed by atoms with van der Waals surface area (Å²) in [6.07, 6.45) is 3.16. The Morgan fingerprint density at radius 2 is 2.18 bits per heavy atom. The summed E-state index contributed by atoms with van der Waals surface area (Å²) in [6, 6.07) is 4.28. The summed E-state index contributed by atoms with van der Waals surface area (Å²) in [4.78, 5) is 5.23. The second-order valence-corrected chi connectivity index (χ2v) is 8.17. The molecule has 148 valence electrons. The number of rotatable bonds is 3. The molecule has 1 aliphatic heterocycles. The number of aromatic nitrogens is 3. The second-order valence-electron chi connectivity index (χ2n) is 6.13. The third-order valence-corrected chi connectivity index (χ3v) is 5.95. The van der Waals surface area contributed by atoms with E-state index in [4.69, 9.17) is 4.65 Å². The fourth-order valence-electron chi connectivity index (χ4n) is 2.78. The van der Waals surface area contributed by atoms with Gasteiger partial charge in [0.25, 0.3) is 0 Å². The largest absolute Gasteiger partial charge is 0.491 e. The number of fused-ring (bicyclic) bond motifs is 1. The Morgan fingerprint density at radius 3 is 2.79 bits per heavy atom. The van der Waals surface area contributed by atoms with Gasteiger partial charge in [0, 0.05) is 17.5 Å². The molecule has 1 aliphatic rings. The van der Waals surface area contributed by atoms with E-state index in [2.05, 4.69) is 26.0 Å². The summed E-state index contributed by atoms with van der Waals surface area (Å²) < 4.78 is 43.8. The maximum Gasteiger partial charge on any atom is 0.491 e. The van der Waals surface area contributed by atoms with Crippen LogP contribution in [0.3, 0.4) is 0 Å². The minimum Gasteiger partial charge on any atom is -0.423 e. The Morgan fingerprint density at radius 1 is 1.43 bits per heavy atom. The molecule has 1 atom stereocenters. The lowest BCUT2D eigenvalue weighted by Crippen LogP contribution is -2.27. The highest BCUT2D eigenvalue weighted by Gasteiger charge is 2.32.